The Labute approximate surface area is 184 Å². The van der Waals surface area contributed by atoms with E-state index in [1.165, 1.54) is 0 Å². The molecule has 1 aliphatic heterocycles. The number of ketones is 1. The van der Waals surface area contributed by atoms with E-state index in [0.29, 0.717) is 29.8 Å². The molecule has 1 fully saturated rings. The molecule has 0 spiro atoms. The van der Waals surface area contributed by atoms with E-state index in [1.807, 2.05) is 41.3 Å². The first-order valence-corrected chi connectivity index (χ1v) is 10.7. The molecule has 152 valence electrons. The number of benzene rings is 2. The summed E-state index contributed by atoms with van der Waals surface area (Å²) in [6, 6.07) is 20.2. The van der Waals surface area contributed by atoms with Crippen LogP contribution in [0.3, 0.4) is 0 Å². The van der Waals surface area contributed by atoms with Gasteiger partial charge in [0.05, 0.1) is 11.3 Å². The van der Waals surface area contributed by atoms with Gasteiger partial charge in [0.15, 0.2) is 5.78 Å². The van der Waals surface area contributed by atoms with E-state index in [2.05, 4.69) is 25.8 Å². The van der Waals surface area contributed by atoms with Crippen LogP contribution in [0.15, 0.2) is 77.4 Å². The van der Waals surface area contributed by atoms with E-state index >= 15 is 0 Å². The fraction of sp³-hybridized carbons (Fsp3) is 0.208. The summed E-state index contributed by atoms with van der Waals surface area (Å²) in [7, 11) is 0. The second-order valence-corrected chi connectivity index (χ2v) is 8.19. The van der Waals surface area contributed by atoms with Crippen LogP contribution in [0.5, 0.6) is 0 Å². The van der Waals surface area contributed by atoms with Gasteiger partial charge < -0.3 is 4.90 Å². The Hall–Kier alpha value is -2.83. The first kappa shape index (κ1) is 20.4. The van der Waals surface area contributed by atoms with Gasteiger partial charge in [-0.3, -0.25) is 19.5 Å². The van der Waals surface area contributed by atoms with Gasteiger partial charge in [0.2, 0.25) is 0 Å². The monoisotopic (exact) mass is 463 g/mol. The van der Waals surface area contributed by atoms with Gasteiger partial charge in [0.25, 0.3) is 5.91 Å². The van der Waals surface area contributed by atoms with Crippen LogP contribution in [0.1, 0.15) is 32.0 Å². The number of aromatic nitrogens is 1. The molecule has 4 rings (SSSR count). The summed E-state index contributed by atoms with van der Waals surface area (Å²) in [5.41, 5.74) is 2.51. The van der Waals surface area contributed by atoms with Crippen molar-refractivity contribution in [3.63, 3.8) is 0 Å². The van der Waals surface area contributed by atoms with Crippen molar-refractivity contribution in [1.82, 2.24) is 14.8 Å². The fourth-order valence-electron chi connectivity index (χ4n) is 3.62. The molecule has 0 unspecified atom stereocenters. The maximum Gasteiger partial charge on any atom is 0.254 e. The van der Waals surface area contributed by atoms with Crippen LogP contribution in [0, 0.1) is 0 Å². The number of amides is 1. The third-order valence-electron chi connectivity index (χ3n) is 5.28. The minimum atomic E-state index is -0.139. The highest BCUT2D eigenvalue weighted by Crippen LogP contribution is 2.19. The number of hydrogen-bond donors (Lipinski definition) is 0. The highest BCUT2D eigenvalue weighted by atomic mass is 79.9. The van der Waals surface area contributed by atoms with Gasteiger partial charge in [-0.05, 0) is 42.5 Å². The number of carbonyl (C=O) groups excluding carboxylic acids is 2. The Balaban J connectivity index is 1.45. The Morgan fingerprint density at radius 1 is 0.833 bits per heavy atom. The minimum Gasteiger partial charge on any atom is -0.336 e. The molecule has 0 radical (unpaired) electrons. The summed E-state index contributed by atoms with van der Waals surface area (Å²) < 4.78 is 0.909. The molecule has 3 aromatic rings. The van der Waals surface area contributed by atoms with Gasteiger partial charge in [-0.2, -0.15) is 0 Å². The molecule has 1 amide bonds. The van der Waals surface area contributed by atoms with E-state index in [1.54, 1.807) is 36.5 Å². The number of carbonyl (C=O) groups is 2. The Morgan fingerprint density at radius 2 is 1.50 bits per heavy atom. The third kappa shape index (κ3) is 4.66. The molecule has 5 nitrogen and oxygen atoms in total. The molecule has 0 aliphatic carbocycles. The highest BCUT2D eigenvalue weighted by molar-refractivity contribution is 9.10. The van der Waals surface area contributed by atoms with Crippen LogP contribution in [0.25, 0.3) is 0 Å². The lowest BCUT2D eigenvalue weighted by atomic mass is 9.97. The van der Waals surface area contributed by atoms with Crippen molar-refractivity contribution >= 4 is 27.6 Å². The van der Waals surface area contributed by atoms with Gasteiger partial charge in [-0.1, -0.05) is 40.2 Å². The molecule has 0 atom stereocenters. The van der Waals surface area contributed by atoms with Crippen molar-refractivity contribution in [3.8, 4) is 0 Å². The zero-order chi connectivity index (χ0) is 20.9. The van der Waals surface area contributed by atoms with Crippen LogP contribution < -0.4 is 0 Å². The number of piperazine rings is 1. The standard InChI is InChI=1S/C24H22BrN3O2/c25-19-10-8-18(9-11-19)23(29)21-6-1-2-7-22(21)24(30)28-15-13-27(14-16-28)17-20-5-3-4-12-26-20/h1-12H,13-17H2. The Kier molecular flexibility index (Phi) is 6.35. The van der Waals surface area contributed by atoms with Crippen LogP contribution >= 0.6 is 15.9 Å². The van der Waals surface area contributed by atoms with E-state index in [0.717, 1.165) is 29.8 Å². The molecular formula is C24H22BrN3O2. The summed E-state index contributed by atoms with van der Waals surface area (Å²) in [6.07, 6.45) is 1.80. The summed E-state index contributed by atoms with van der Waals surface area (Å²) in [5, 5.41) is 0. The van der Waals surface area contributed by atoms with E-state index < -0.39 is 0 Å². The van der Waals surface area contributed by atoms with Crippen molar-refractivity contribution in [1.29, 1.82) is 0 Å². The molecule has 1 saturated heterocycles. The van der Waals surface area contributed by atoms with Crippen molar-refractivity contribution in [2.24, 2.45) is 0 Å². The normalized spacial score (nSPS) is 14.5. The smallest absolute Gasteiger partial charge is 0.254 e. The molecular weight excluding hydrogens is 442 g/mol. The van der Waals surface area contributed by atoms with Gasteiger partial charge in [0.1, 0.15) is 0 Å². The lowest BCUT2D eigenvalue weighted by Crippen LogP contribution is -2.48. The average Bonchev–Trinajstić information content (AvgIpc) is 2.80. The molecule has 0 saturated carbocycles. The van der Waals surface area contributed by atoms with Crippen LogP contribution in [-0.4, -0.2) is 52.7 Å². The van der Waals surface area contributed by atoms with Gasteiger partial charge in [0, 0.05) is 54.5 Å². The first-order chi connectivity index (χ1) is 14.6. The van der Waals surface area contributed by atoms with Crippen molar-refractivity contribution < 1.29 is 9.59 Å². The van der Waals surface area contributed by atoms with Crippen LogP contribution in [0.4, 0.5) is 0 Å². The average molecular weight is 464 g/mol. The Bertz CT molecular complexity index is 1030. The van der Waals surface area contributed by atoms with Crippen LogP contribution in [0.2, 0.25) is 0 Å². The van der Waals surface area contributed by atoms with Gasteiger partial charge >= 0.3 is 0 Å². The molecule has 1 aliphatic rings. The van der Waals surface area contributed by atoms with Crippen molar-refractivity contribution in [2.75, 3.05) is 26.2 Å². The minimum absolute atomic E-state index is 0.0893. The molecule has 6 heteroatoms. The quantitative estimate of drug-likeness (QED) is 0.535. The first-order valence-electron chi connectivity index (χ1n) is 9.92. The summed E-state index contributed by atoms with van der Waals surface area (Å²) in [5.74, 6) is -0.228. The number of halogens is 1. The van der Waals surface area contributed by atoms with Gasteiger partial charge in [-0.25, -0.2) is 0 Å². The molecule has 1 aromatic heterocycles. The zero-order valence-corrected chi connectivity index (χ0v) is 18.1. The second kappa shape index (κ2) is 9.32. The number of nitrogens with zero attached hydrogens (tertiary/aromatic N) is 3. The highest BCUT2D eigenvalue weighted by Gasteiger charge is 2.25. The van der Waals surface area contributed by atoms with Crippen LogP contribution in [-0.2, 0) is 6.54 Å². The number of hydrogen-bond acceptors (Lipinski definition) is 4. The molecule has 2 aromatic carbocycles. The van der Waals surface area contributed by atoms with Crippen molar-refractivity contribution in [3.05, 3.63) is 99.8 Å². The summed E-state index contributed by atoms with van der Waals surface area (Å²) >= 11 is 3.39. The predicted molar refractivity (Wildman–Crippen MR) is 119 cm³/mol. The maximum atomic E-state index is 13.2. The fourth-order valence-corrected chi connectivity index (χ4v) is 3.89. The SMILES string of the molecule is O=C(c1ccc(Br)cc1)c1ccccc1C(=O)N1CCN(Cc2ccccn2)CC1. The van der Waals surface area contributed by atoms with Crippen molar-refractivity contribution in [2.45, 2.75) is 6.54 Å². The molecule has 0 bridgehead atoms. The summed E-state index contributed by atoms with van der Waals surface area (Å²) in [4.78, 5) is 34.7. The Morgan fingerprint density at radius 3 is 2.17 bits per heavy atom. The lowest BCUT2D eigenvalue weighted by Gasteiger charge is -2.34. The number of rotatable bonds is 5. The predicted octanol–water partition coefficient (Wildman–Crippen LogP) is 4.03. The second-order valence-electron chi connectivity index (χ2n) is 7.27. The van der Waals surface area contributed by atoms with E-state index in [4.69, 9.17) is 0 Å². The topological polar surface area (TPSA) is 53.5 Å². The zero-order valence-electron chi connectivity index (χ0n) is 16.5. The van der Waals surface area contributed by atoms with E-state index in [-0.39, 0.29) is 11.7 Å². The lowest BCUT2D eigenvalue weighted by molar-refractivity contribution is 0.0624. The third-order valence-corrected chi connectivity index (χ3v) is 5.81. The summed E-state index contributed by atoms with van der Waals surface area (Å²) in [6.45, 7) is 3.61. The van der Waals surface area contributed by atoms with Gasteiger partial charge in [-0.15, -0.1) is 0 Å². The van der Waals surface area contributed by atoms with E-state index in [9.17, 15) is 9.59 Å². The molecule has 0 N–H and O–H groups in total. The largest absolute Gasteiger partial charge is 0.336 e. The maximum absolute atomic E-state index is 13.2. The molecule has 2 heterocycles. The molecule has 30 heavy (non-hydrogen) atoms. The number of pyridine rings is 1.